The Morgan fingerprint density at radius 3 is 1.18 bits per heavy atom. The Balaban J connectivity index is 0.000000736. The molecule has 1 aliphatic rings. The van der Waals surface area contributed by atoms with Crippen LogP contribution < -0.4 is 14.6 Å². The smallest absolute Gasteiger partial charge is 0.436 e. The summed E-state index contributed by atoms with van der Waals surface area (Å²) in [4.78, 5) is 9.76. The molecule has 0 aromatic heterocycles. The number of nitrogens with zero attached hydrogens (tertiary/aromatic N) is 2. The number of halogens is 9. The van der Waals surface area contributed by atoms with Crippen molar-refractivity contribution in [3.05, 3.63) is 46.5 Å². The Kier molecular flexibility index (Phi) is 15.0. The fourth-order valence-electron chi connectivity index (χ4n) is 5.12. The summed E-state index contributed by atoms with van der Waals surface area (Å²) in [6.07, 6.45) is -13.4. The molecule has 0 heterocycles. The number of benzene rings is 2. The minimum Gasteiger partial charge on any atom is -0.795 e. The SMILES string of the molecule is COc1cc(C=NC2CCCCC2N=Cc2cc(OC)cc(C(C)(C)C)c2O)c(O)c(C(C)(C)C)c1.[Co].[O-]C(F)(F)C(F)(C(F)(F)F)C(F)(F)F. The van der Waals surface area contributed by atoms with Gasteiger partial charge < -0.3 is 24.8 Å². The quantitative estimate of drug-likeness (QED) is 0.217. The number of hydrogen-bond acceptors (Lipinski definition) is 7. The van der Waals surface area contributed by atoms with Crippen LogP contribution in [0, 0.1) is 0 Å². The first-order valence-corrected chi connectivity index (χ1v) is 15.4. The van der Waals surface area contributed by atoms with E-state index in [0.29, 0.717) is 22.6 Å². The molecule has 17 heteroatoms. The zero-order chi connectivity index (χ0) is 38.7. The molecule has 0 saturated heterocycles. The number of hydrogen-bond donors (Lipinski definition) is 2. The van der Waals surface area contributed by atoms with Crippen molar-refractivity contribution in [3.8, 4) is 23.0 Å². The van der Waals surface area contributed by atoms with Crippen molar-refractivity contribution in [3.63, 3.8) is 0 Å². The van der Waals surface area contributed by atoms with E-state index in [9.17, 15) is 54.8 Å². The number of rotatable bonds is 7. The maximum Gasteiger partial charge on any atom is 0.436 e. The molecule has 1 fully saturated rings. The molecular formula is C34H42CoF9N2O5-. The second kappa shape index (κ2) is 16.7. The number of alkyl halides is 9. The predicted molar refractivity (Wildman–Crippen MR) is 169 cm³/mol. The molecule has 2 aromatic carbocycles. The topological polar surface area (TPSA) is 107 Å². The van der Waals surface area contributed by atoms with Gasteiger partial charge >= 0.3 is 18.0 Å². The van der Waals surface area contributed by atoms with E-state index in [4.69, 9.17) is 19.5 Å². The summed E-state index contributed by atoms with van der Waals surface area (Å²) in [5.41, 5.74) is -4.60. The van der Waals surface area contributed by atoms with Gasteiger partial charge in [0.1, 0.15) is 23.0 Å². The van der Waals surface area contributed by atoms with Crippen molar-refractivity contribution in [2.45, 2.75) is 114 Å². The van der Waals surface area contributed by atoms with Gasteiger partial charge in [-0.25, -0.2) is 13.2 Å². The van der Waals surface area contributed by atoms with Crippen LogP contribution in [0.25, 0.3) is 0 Å². The third-order valence-electron chi connectivity index (χ3n) is 8.00. The molecule has 0 bridgehead atoms. The van der Waals surface area contributed by atoms with Crippen LogP contribution in [0.4, 0.5) is 39.5 Å². The molecule has 1 aliphatic carbocycles. The third-order valence-corrected chi connectivity index (χ3v) is 8.00. The third kappa shape index (κ3) is 10.9. The summed E-state index contributed by atoms with van der Waals surface area (Å²) >= 11 is 0. The molecule has 2 atom stereocenters. The van der Waals surface area contributed by atoms with Crippen LogP contribution in [0.1, 0.15) is 89.5 Å². The molecule has 2 aromatic rings. The van der Waals surface area contributed by atoms with Crippen molar-refractivity contribution >= 4 is 12.4 Å². The van der Waals surface area contributed by atoms with Crippen LogP contribution in [-0.2, 0) is 27.6 Å². The van der Waals surface area contributed by atoms with E-state index in [0.717, 1.165) is 36.8 Å². The first kappa shape index (κ1) is 45.8. The van der Waals surface area contributed by atoms with Crippen molar-refractivity contribution in [2.24, 2.45) is 9.98 Å². The van der Waals surface area contributed by atoms with Crippen LogP contribution in [0.3, 0.4) is 0 Å². The Morgan fingerprint density at radius 1 is 0.647 bits per heavy atom. The van der Waals surface area contributed by atoms with E-state index >= 15 is 0 Å². The van der Waals surface area contributed by atoms with Gasteiger partial charge in [-0.1, -0.05) is 54.4 Å². The first-order chi connectivity index (χ1) is 22.6. The summed E-state index contributed by atoms with van der Waals surface area (Å²) < 4.78 is 114. The van der Waals surface area contributed by atoms with Crippen LogP contribution in [0.15, 0.2) is 34.3 Å². The maximum atomic E-state index is 12.0. The van der Waals surface area contributed by atoms with E-state index in [1.807, 2.05) is 24.3 Å². The summed E-state index contributed by atoms with van der Waals surface area (Å²) in [5, 5.41) is 31.2. The van der Waals surface area contributed by atoms with Crippen LogP contribution in [0.5, 0.6) is 23.0 Å². The van der Waals surface area contributed by atoms with Gasteiger partial charge in [0.05, 0.1) is 26.3 Å². The molecule has 3 rings (SSSR count). The predicted octanol–water partition coefficient (Wildman–Crippen LogP) is 8.33. The number of phenolic OH excluding ortho intramolecular Hbond substituents is 2. The summed E-state index contributed by atoms with van der Waals surface area (Å²) in [7, 11) is 3.26. The number of aromatic hydroxyl groups is 2. The molecule has 0 spiro atoms. The zero-order valence-corrected chi connectivity index (χ0v) is 30.2. The van der Waals surface area contributed by atoms with E-state index in [1.165, 1.54) is 0 Å². The average Bonchev–Trinajstić information content (AvgIpc) is 2.97. The summed E-state index contributed by atoms with van der Waals surface area (Å²) in [5.74, 6) is 1.86. The molecular weight excluding hydrogens is 746 g/mol. The summed E-state index contributed by atoms with van der Waals surface area (Å²) in [6, 6.07) is 7.39. The Hall–Kier alpha value is -3.18. The van der Waals surface area contributed by atoms with E-state index in [2.05, 4.69) is 41.5 Å². The number of ether oxygens (including phenoxy) is 2. The second-order valence-corrected chi connectivity index (χ2v) is 13.9. The molecule has 7 nitrogen and oxygen atoms in total. The molecule has 1 saturated carbocycles. The van der Waals surface area contributed by atoms with Gasteiger partial charge in [0, 0.05) is 51.5 Å². The van der Waals surface area contributed by atoms with E-state index < -0.39 is 24.1 Å². The molecule has 291 valence electrons. The number of methoxy groups -OCH3 is 2. The van der Waals surface area contributed by atoms with Gasteiger partial charge in [-0.05, 0) is 47.9 Å². The van der Waals surface area contributed by atoms with E-state index in [-0.39, 0.29) is 51.2 Å². The first-order valence-electron chi connectivity index (χ1n) is 15.4. The summed E-state index contributed by atoms with van der Waals surface area (Å²) in [6.45, 7) is 12.4. The van der Waals surface area contributed by atoms with Crippen LogP contribution >= 0.6 is 0 Å². The minimum absolute atomic E-state index is 0. The molecule has 1 radical (unpaired) electrons. The van der Waals surface area contributed by atoms with Crippen molar-refractivity contribution < 1.29 is 81.1 Å². The van der Waals surface area contributed by atoms with Gasteiger partial charge in [-0.2, -0.15) is 26.3 Å². The molecule has 0 aliphatic heterocycles. The minimum atomic E-state index is -7.08. The largest absolute Gasteiger partial charge is 0.795 e. The molecule has 2 unspecified atom stereocenters. The van der Waals surface area contributed by atoms with Crippen molar-refractivity contribution in [2.75, 3.05) is 14.2 Å². The number of aliphatic imine (C=N–C) groups is 2. The van der Waals surface area contributed by atoms with Gasteiger partial charge in [0.25, 0.3) is 0 Å². The maximum absolute atomic E-state index is 12.0. The zero-order valence-electron chi connectivity index (χ0n) is 29.2. The number of phenols is 2. The molecule has 0 amide bonds. The van der Waals surface area contributed by atoms with Gasteiger partial charge in [0.15, 0.2) is 0 Å². The molecule has 2 N–H and O–H groups in total. The standard InChI is InChI=1S/C30H42N2O4.C4F9O.Co/c1-29(2,3)23-15-21(35-7)13-19(27(23)33)17-31-25-11-9-10-12-26(25)32-18-20-14-22(36-8)16-24(28(20)34)30(4,5)6;5-1(2(6,7)8,3(9,10)11)4(12,13)14;/h13-18,25-26,33-34H,9-12H2,1-8H3;;/q;-1;. The fourth-order valence-corrected chi connectivity index (χ4v) is 5.12. The Labute approximate surface area is 301 Å². The Morgan fingerprint density at radius 2 is 0.961 bits per heavy atom. The van der Waals surface area contributed by atoms with Crippen molar-refractivity contribution in [1.82, 2.24) is 0 Å². The monoisotopic (exact) mass is 788 g/mol. The van der Waals surface area contributed by atoms with Crippen LogP contribution in [-0.4, -0.2) is 73.1 Å². The Bertz CT molecular complexity index is 1400. The van der Waals surface area contributed by atoms with Gasteiger partial charge in [0.2, 0.25) is 6.11 Å². The van der Waals surface area contributed by atoms with Gasteiger partial charge in [-0.3, -0.25) is 9.98 Å². The van der Waals surface area contributed by atoms with Gasteiger partial charge in [-0.15, -0.1) is 0 Å². The van der Waals surface area contributed by atoms with E-state index in [1.54, 1.807) is 26.6 Å². The second-order valence-electron chi connectivity index (χ2n) is 13.9. The van der Waals surface area contributed by atoms with Crippen LogP contribution in [0.2, 0.25) is 0 Å². The van der Waals surface area contributed by atoms with Crippen molar-refractivity contribution in [1.29, 1.82) is 0 Å². The fraction of sp³-hybridized carbons (Fsp3) is 0.588. The normalized spacial score (nSPS) is 17.9. The average molecular weight is 789 g/mol. The molecule has 51 heavy (non-hydrogen) atoms.